The summed E-state index contributed by atoms with van der Waals surface area (Å²) in [6.07, 6.45) is 0. The van der Waals surface area contributed by atoms with Gasteiger partial charge in [-0.2, -0.15) is 0 Å². The van der Waals surface area contributed by atoms with Crippen LogP contribution in [0.1, 0.15) is 15.9 Å². The van der Waals surface area contributed by atoms with Crippen molar-refractivity contribution in [2.45, 2.75) is 11.8 Å². The minimum Gasteiger partial charge on any atom is -0.478 e. The van der Waals surface area contributed by atoms with Crippen molar-refractivity contribution in [3.8, 4) is 0 Å². The highest BCUT2D eigenvalue weighted by atomic mass is 32.2. The lowest BCUT2D eigenvalue weighted by molar-refractivity contribution is 0.0696. The summed E-state index contributed by atoms with van der Waals surface area (Å²) < 4.78 is 32.5. The summed E-state index contributed by atoms with van der Waals surface area (Å²) in [5, 5.41) is 8.56. The number of benzene rings is 1. The number of carbonyl (C=O) groups is 1. The van der Waals surface area contributed by atoms with E-state index < -0.39 is 22.9 Å². The van der Waals surface area contributed by atoms with Crippen molar-refractivity contribution in [3.63, 3.8) is 0 Å². The molecule has 0 fully saturated rings. The molecular weight excluding hydrogens is 211 g/mol. The number of hydrogen-bond donors (Lipinski definition) is 2. The summed E-state index contributed by atoms with van der Waals surface area (Å²) in [5.41, 5.74) is -0.360. The first-order chi connectivity index (χ1) is 6.43. The summed E-state index contributed by atoms with van der Waals surface area (Å²) in [6, 6.07) is 1.80. The van der Waals surface area contributed by atoms with Crippen LogP contribution in [0.3, 0.4) is 0 Å². The molecule has 0 heterocycles. The molecule has 4 nitrogen and oxygen atoms in total. The number of carboxylic acid groups (broad SMARTS) is 1. The van der Waals surface area contributed by atoms with Gasteiger partial charge in [0.25, 0.3) is 0 Å². The number of rotatable bonds is 2. The summed E-state index contributed by atoms with van der Waals surface area (Å²) in [6.45, 7) is 1.31. The van der Waals surface area contributed by atoms with Crippen LogP contribution in [0.5, 0.6) is 0 Å². The van der Waals surface area contributed by atoms with Gasteiger partial charge in [0.2, 0.25) is 0 Å². The third-order valence-corrected chi connectivity index (χ3v) is 2.53. The van der Waals surface area contributed by atoms with Gasteiger partial charge in [-0.25, -0.2) is 13.4 Å². The Labute approximate surface area is 81.7 Å². The van der Waals surface area contributed by atoms with Crippen LogP contribution in [-0.4, -0.2) is 19.8 Å². The minimum absolute atomic E-state index is 0.0177. The maximum absolute atomic E-state index is 13.1. The Balaban J connectivity index is 3.43. The molecule has 6 heteroatoms. The van der Waals surface area contributed by atoms with Crippen LogP contribution >= 0.6 is 0 Å². The highest BCUT2D eigenvalue weighted by molar-refractivity contribution is 7.79. The molecule has 0 aliphatic heterocycles. The van der Waals surface area contributed by atoms with Gasteiger partial charge in [-0.15, -0.1) is 0 Å². The van der Waals surface area contributed by atoms with E-state index in [2.05, 4.69) is 0 Å². The molecule has 14 heavy (non-hydrogen) atoms. The molecule has 1 atom stereocenters. The van der Waals surface area contributed by atoms with Gasteiger partial charge in [-0.3, -0.25) is 0 Å². The molecule has 0 aliphatic carbocycles. The Kier molecular flexibility index (Phi) is 2.97. The molecule has 0 amide bonds. The summed E-state index contributed by atoms with van der Waals surface area (Å²) in [4.78, 5) is 10.3. The second kappa shape index (κ2) is 3.85. The second-order valence-corrected chi connectivity index (χ2v) is 3.57. The highest BCUT2D eigenvalue weighted by Gasteiger charge is 2.14. The van der Waals surface area contributed by atoms with Crippen molar-refractivity contribution < 1.29 is 23.1 Å². The van der Waals surface area contributed by atoms with Crippen LogP contribution in [0.2, 0.25) is 0 Å². The van der Waals surface area contributed by atoms with Crippen molar-refractivity contribution in [2.75, 3.05) is 0 Å². The van der Waals surface area contributed by atoms with Crippen molar-refractivity contribution >= 4 is 17.0 Å². The fourth-order valence-electron chi connectivity index (χ4n) is 0.958. The predicted molar refractivity (Wildman–Crippen MR) is 47.1 cm³/mol. The molecular formula is C8H7FO4S. The summed E-state index contributed by atoms with van der Waals surface area (Å²) >= 11 is -2.38. The van der Waals surface area contributed by atoms with Gasteiger partial charge in [-0.1, -0.05) is 0 Å². The van der Waals surface area contributed by atoms with E-state index in [9.17, 15) is 13.4 Å². The topological polar surface area (TPSA) is 74.6 Å². The number of carboxylic acids is 1. The maximum Gasteiger partial charge on any atom is 0.335 e. The zero-order valence-electron chi connectivity index (χ0n) is 7.15. The van der Waals surface area contributed by atoms with E-state index in [1.165, 1.54) is 6.92 Å². The average Bonchev–Trinajstić information content (AvgIpc) is 2.08. The van der Waals surface area contributed by atoms with Crippen molar-refractivity contribution in [1.29, 1.82) is 0 Å². The van der Waals surface area contributed by atoms with Crippen LogP contribution in [0.15, 0.2) is 17.0 Å². The first-order valence-electron chi connectivity index (χ1n) is 3.57. The first-order valence-corrected chi connectivity index (χ1v) is 4.68. The van der Waals surface area contributed by atoms with E-state index in [1.54, 1.807) is 0 Å². The molecule has 0 aromatic heterocycles. The van der Waals surface area contributed by atoms with Crippen LogP contribution in [0, 0.1) is 12.7 Å². The number of halogens is 1. The highest BCUT2D eigenvalue weighted by Crippen LogP contribution is 2.18. The van der Waals surface area contributed by atoms with Crippen LogP contribution in [0.4, 0.5) is 4.39 Å². The van der Waals surface area contributed by atoms with Crippen LogP contribution < -0.4 is 0 Å². The lowest BCUT2D eigenvalue weighted by Gasteiger charge is -2.04. The molecule has 1 rings (SSSR count). The van der Waals surface area contributed by atoms with Crippen molar-refractivity contribution in [2.24, 2.45) is 0 Å². The van der Waals surface area contributed by atoms with Gasteiger partial charge >= 0.3 is 5.97 Å². The summed E-state index contributed by atoms with van der Waals surface area (Å²) in [5.74, 6) is -2.14. The zero-order valence-corrected chi connectivity index (χ0v) is 7.97. The van der Waals surface area contributed by atoms with E-state index in [1.807, 2.05) is 0 Å². The van der Waals surface area contributed by atoms with E-state index in [0.717, 1.165) is 12.1 Å². The Hall–Kier alpha value is -1.27. The van der Waals surface area contributed by atoms with E-state index in [0.29, 0.717) is 0 Å². The third kappa shape index (κ3) is 1.97. The van der Waals surface area contributed by atoms with Crippen molar-refractivity contribution in [1.82, 2.24) is 0 Å². The molecule has 0 radical (unpaired) electrons. The molecule has 0 spiro atoms. The van der Waals surface area contributed by atoms with Gasteiger partial charge in [-0.05, 0) is 19.1 Å². The van der Waals surface area contributed by atoms with Gasteiger partial charge < -0.3 is 9.66 Å². The normalized spacial score (nSPS) is 12.5. The minimum atomic E-state index is -2.38. The van der Waals surface area contributed by atoms with E-state index in [-0.39, 0.29) is 16.0 Å². The monoisotopic (exact) mass is 218 g/mol. The maximum atomic E-state index is 13.1. The standard InChI is InChI=1S/C8H7FO4S/c1-4-6(9)2-5(8(10)11)3-7(4)14(12)13/h2-3H,1H3,(H,10,11)(H,12,13). The predicted octanol–water partition coefficient (Wildman–Crippen LogP) is 1.41. The van der Waals surface area contributed by atoms with E-state index >= 15 is 0 Å². The third-order valence-electron chi connectivity index (χ3n) is 1.73. The van der Waals surface area contributed by atoms with Gasteiger partial charge in [0.1, 0.15) is 5.82 Å². The van der Waals surface area contributed by atoms with Gasteiger partial charge in [0, 0.05) is 5.56 Å². The Morgan fingerprint density at radius 3 is 2.50 bits per heavy atom. The smallest absolute Gasteiger partial charge is 0.335 e. The molecule has 0 saturated heterocycles. The van der Waals surface area contributed by atoms with E-state index in [4.69, 9.17) is 9.66 Å². The van der Waals surface area contributed by atoms with Crippen LogP contribution in [-0.2, 0) is 11.1 Å². The number of hydrogen-bond acceptors (Lipinski definition) is 2. The van der Waals surface area contributed by atoms with Crippen molar-refractivity contribution in [3.05, 3.63) is 29.1 Å². The SMILES string of the molecule is Cc1c(F)cc(C(=O)O)cc1S(=O)O. The second-order valence-electron chi connectivity index (χ2n) is 2.64. The lowest BCUT2D eigenvalue weighted by Crippen LogP contribution is -2.03. The molecule has 1 aromatic rings. The average molecular weight is 218 g/mol. The summed E-state index contributed by atoms with van der Waals surface area (Å²) in [7, 11) is 0. The fourth-order valence-corrected chi connectivity index (χ4v) is 1.55. The molecule has 0 bridgehead atoms. The van der Waals surface area contributed by atoms with Gasteiger partial charge in [0.15, 0.2) is 11.1 Å². The molecule has 0 saturated carbocycles. The molecule has 1 aromatic carbocycles. The molecule has 76 valence electrons. The Morgan fingerprint density at radius 1 is 1.50 bits per heavy atom. The molecule has 0 aliphatic rings. The Bertz CT molecular complexity index is 416. The quantitative estimate of drug-likeness (QED) is 0.736. The lowest BCUT2D eigenvalue weighted by atomic mass is 10.1. The van der Waals surface area contributed by atoms with Gasteiger partial charge in [0.05, 0.1) is 10.5 Å². The Morgan fingerprint density at radius 2 is 2.07 bits per heavy atom. The molecule has 1 unspecified atom stereocenters. The van der Waals surface area contributed by atoms with Crippen LogP contribution in [0.25, 0.3) is 0 Å². The first kappa shape index (κ1) is 10.8. The number of aromatic carboxylic acids is 1. The molecule has 2 N–H and O–H groups in total. The fraction of sp³-hybridized carbons (Fsp3) is 0.125. The zero-order chi connectivity index (χ0) is 10.9. The largest absolute Gasteiger partial charge is 0.478 e.